The van der Waals surface area contributed by atoms with Crippen LogP contribution in [0.1, 0.15) is 48.9 Å². The molecule has 1 N–H and O–H groups in total. The van der Waals surface area contributed by atoms with Gasteiger partial charge in [0.05, 0.1) is 33.2 Å². The van der Waals surface area contributed by atoms with Crippen molar-refractivity contribution < 1.29 is 0 Å². The second kappa shape index (κ2) is 7.38. The molecule has 21 heavy (non-hydrogen) atoms. The number of halogens is 1. The molecule has 2 aromatic heterocycles. The molecule has 116 valence electrons. The summed E-state index contributed by atoms with van der Waals surface area (Å²) in [7, 11) is 0. The van der Waals surface area contributed by atoms with Gasteiger partial charge >= 0.3 is 0 Å². The van der Waals surface area contributed by atoms with Crippen molar-refractivity contribution in [2.75, 3.05) is 6.54 Å². The Hall–Kier alpha value is -0.910. The first-order chi connectivity index (χ1) is 10.1. The average Bonchev–Trinajstić information content (AvgIpc) is 3.03. The van der Waals surface area contributed by atoms with Gasteiger partial charge in [0.25, 0.3) is 0 Å². The first kappa shape index (κ1) is 16.5. The molecule has 0 radical (unpaired) electrons. The van der Waals surface area contributed by atoms with Gasteiger partial charge in [0.1, 0.15) is 0 Å². The molecule has 0 spiro atoms. The summed E-state index contributed by atoms with van der Waals surface area (Å²) in [6, 6.07) is 0.184. The van der Waals surface area contributed by atoms with Crippen LogP contribution in [-0.4, -0.2) is 21.3 Å². The topological polar surface area (TPSA) is 42.7 Å². The lowest BCUT2D eigenvalue weighted by atomic mass is 10.1. The fourth-order valence-corrected chi connectivity index (χ4v) is 3.49. The van der Waals surface area contributed by atoms with Crippen LogP contribution in [0.4, 0.5) is 0 Å². The highest BCUT2D eigenvalue weighted by molar-refractivity contribution is 7.09. The number of nitrogens with one attached hydrogen (secondary N) is 1. The monoisotopic (exact) mass is 326 g/mol. The van der Waals surface area contributed by atoms with E-state index in [1.807, 2.05) is 11.6 Å². The van der Waals surface area contributed by atoms with Crippen molar-refractivity contribution in [3.63, 3.8) is 0 Å². The molecule has 1 atom stereocenters. The molecular weight excluding hydrogens is 304 g/mol. The molecular formula is C15H23ClN4S. The molecule has 0 fully saturated rings. The Morgan fingerprint density at radius 1 is 1.38 bits per heavy atom. The number of likely N-dealkylation sites (N-methyl/N-ethyl adjacent to an activating group) is 1. The average molecular weight is 327 g/mol. The third-order valence-electron chi connectivity index (χ3n) is 3.54. The first-order valence-corrected chi connectivity index (χ1v) is 8.75. The maximum Gasteiger partial charge on any atom is 0.0898 e. The zero-order valence-corrected chi connectivity index (χ0v) is 14.7. The van der Waals surface area contributed by atoms with Gasteiger partial charge in [0.2, 0.25) is 0 Å². The first-order valence-electron chi connectivity index (χ1n) is 7.50. The van der Waals surface area contributed by atoms with Gasteiger partial charge < -0.3 is 5.32 Å². The minimum absolute atomic E-state index is 0.184. The number of rotatable bonds is 7. The normalized spacial score (nSPS) is 12.8. The molecule has 0 amide bonds. The van der Waals surface area contributed by atoms with Crippen LogP contribution in [0.25, 0.3) is 0 Å². The van der Waals surface area contributed by atoms with Crippen molar-refractivity contribution in [2.24, 2.45) is 0 Å². The van der Waals surface area contributed by atoms with Crippen molar-refractivity contribution in [3.05, 3.63) is 32.5 Å². The Kier molecular flexibility index (Phi) is 5.79. The molecule has 4 nitrogen and oxygen atoms in total. The van der Waals surface area contributed by atoms with Crippen LogP contribution in [0, 0.1) is 6.92 Å². The van der Waals surface area contributed by atoms with E-state index in [1.165, 1.54) is 0 Å². The number of thiazole rings is 1. The molecule has 0 aliphatic rings. The van der Waals surface area contributed by atoms with Crippen LogP contribution in [-0.2, 0) is 19.4 Å². The summed E-state index contributed by atoms with van der Waals surface area (Å²) >= 11 is 8.20. The summed E-state index contributed by atoms with van der Waals surface area (Å²) in [5.41, 5.74) is 3.18. The van der Waals surface area contributed by atoms with Crippen molar-refractivity contribution in [1.29, 1.82) is 0 Å². The lowest BCUT2D eigenvalue weighted by Crippen LogP contribution is -2.24. The zero-order chi connectivity index (χ0) is 15.4. The zero-order valence-electron chi connectivity index (χ0n) is 13.1. The predicted octanol–water partition coefficient (Wildman–Crippen LogP) is 3.78. The summed E-state index contributed by atoms with van der Waals surface area (Å²) in [5, 5.41) is 12.1. The van der Waals surface area contributed by atoms with E-state index in [2.05, 4.69) is 41.6 Å². The van der Waals surface area contributed by atoms with E-state index in [-0.39, 0.29) is 6.04 Å². The number of aryl methyl sites for hydroxylation is 3. The van der Waals surface area contributed by atoms with Gasteiger partial charge in [-0.1, -0.05) is 25.4 Å². The van der Waals surface area contributed by atoms with Crippen LogP contribution < -0.4 is 5.32 Å². The molecule has 1 unspecified atom stereocenters. The van der Waals surface area contributed by atoms with Crippen LogP contribution >= 0.6 is 22.9 Å². The van der Waals surface area contributed by atoms with Gasteiger partial charge in [-0.15, -0.1) is 11.3 Å². The van der Waals surface area contributed by atoms with Gasteiger partial charge in [0, 0.05) is 18.3 Å². The van der Waals surface area contributed by atoms with Crippen molar-refractivity contribution >= 4 is 22.9 Å². The SMILES string of the molecule is CCNC(Cc1c(Cl)c(CC)nn1CC)c1csc(C)n1. The highest BCUT2D eigenvalue weighted by Crippen LogP contribution is 2.27. The van der Waals surface area contributed by atoms with Gasteiger partial charge in [-0.2, -0.15) is 5.10 Å². The minimum atomic E-state index is 0.184. The van der Waals surface area contributed by atoms with Crippen LogP contribution in [0.3, 0.4) is 0 Å². The Morgan fingerprint density at radius 2 is 2.14 bits per heavy atom. The molecule has 2 rings (SSSR count). The van der Waals surface area contributed by atoms with Crippen LogP contribution in [0.15, 0.2) is 5.38 Å². The maximum absolute atomic E-state index is 6.52. The van der Waals surface area contributed by atoms with E-state index in [4.69, 9.17) is 11.6 Å². The maximum atomic E-state index is 6.52. The second-order valence-corrected chi connectivity index (χ2v) is 6.42. The van der Waals surface area contributed by atoms with E-state index >= 15 is 0 Å². The molecule has 0 saturated heterocycles. The quantitative estimate of drug-likeness (QED) is 0.842. The molecule has 2 aromatic rings. The smallest absolute Gasteiger partial charge is 0.0898 e. The molecule has 2 heterocycles. The number of aromatic nitrogens is 3. The standard InChI is InChI=1S/C15H23ClN4S/c1-5-11-15(16)14(20(7-3)19-11)8-12(17-6-2)13-9-21-10(4)18-13/h9,12,17H,5-8H2,1-4H3. The van der Waals surface area contributed by atoms with Crippen molar-refractivity contribution in [1.82, 2.24) is 20.1 Å². The number of nitrogens with zero attached hydrogens (tertiary/aromatic N) is 3. The van der Waals surface area contributed by atoms with Crippen molar-refractivity contribution in [2.45, 2.75) is 53.1 Å². The summed E-state index contributed by atoms with van der Waals surface area (Å²) in [6.45, 7) is 10.1. The lowest BCUT2D eigenvalue weighted by Gasteiger charge is -2.16. The predicted molar refractivity (Wildman–Crippen MR) is 89.3 cm³/mol. The molecule has 0 saturated carbocycles. The highest BCUT2D eigenvalue weighted by atomic mass is 35.5. The summed E-state index contributed by atoms with van der Waals surface area (Å²) < 4.78 is 2.02. The Labute approximate surface area is 135 Å². The lowest BCUT2D eigenvalue weighted by molar-refractivity contribution is 0.508. The van der Waals surface area contributed by atoms with E-state index in [9.17, 15) is 0 Å². The van der Waals surface area contributed by atoms with Crippen LogP contribution in [0.5, 0.6) is 0 Å². The van der Waals surface area contributed by atoms with Gasteiger partial charge in [-0.25, -0.2) is 4.98 Å². The second-order valence-electron chi connectivity index (χ2n) is 4.98. The van der Waals surface area contributed by atoms with Crippen molar-refractivity contribution in [3.8, 4) is 0 Å². The highest BCUT2D eigenvalue weighted by Gasteiger charge is 2.21. The Morgan fingerprint density at radius 3 is 2.67 bits per heavy atom. The largest absolute Gasteiger partial charge is 0.309 e. The summed E-state index contributed by atoms with van der Waals surface area (Å²) in [6.07, 6.45) is 1.68. The third kappa shape index (κ3) is 3.65. The molecule has 6 heteroatoms. The number of hydrogen-bond donors (Lipinski definition) is 1. The van der Waals surface area contributed by atoms with E-state index in [0.29, 0.717) is 0 Å². The Balaban J connectivity index is 2.30. The minimum Gasteiger partial charge on any atom is -0.309 e. The van der Waals surface area contributed by atoms with E-state index in [0.717, 1.165) is 53.0 Å². The third-order valence-corrected chi connectivity index (χ3v) is 4.76. The molecule has 0 aromatic carbocycles. The van der Waals surface area contributed by atoms with Crippen LogP contribution in [0.2, 0.25) is 5.02 Å². The van der Waals surface area contributed by atoms with Gasteiger partial charge in [-0.3, -0.25) is 4.68 Å². The molecule has 0 aliphatic heterocycles. The van der Waals surface area contributed by atoms with E-state index < -0.39 is 0 Å². The summed E-state index contributed by atoms with van der Waals surface area (Å²) in [4.78, 5) is 4.62. The number of hydrogen-bond acceptors (Lipinski definition) is 4. The Bertz CT molecular complexity index is 591. The summed E-state index contributed by atoms with van der Waals surface area (Å²) in [5.74, 6) is 0. The van der Waals surface area contributed by atoms with Gasteiger partial charge in [0.15, 0.2) is 0 Å². The fourth-order valence-electron chi connectivity index (χ4n) is 2.47. The molecule has 0 bridgehead atoms. The van der Waals surface area contributed by atoms with Gasteiger partial charge in [-0.05, 0) is 26.8 Å². The fraction of sp³-hybridized carbons (Fsp3) is 0.600. The molecule has 0 aliphatic carbocycles. The van der Waals surface area contributed by atoms with E-state index in [1.54, 1.807) is 11.3 Å².